The first kappa shape index (κ1) is 14.1. The van der Waals surface area contributed by atoms with Gasteiger partial charge in [0.2, 0.25) is 0 Å². The van der Waals surface area contributed by atoms with Gasteiger partial charge in [0, 0.05) is 5.56 Å². The number of hydrogen-bond acceptors (Lipinski definition) is 4. The van der Waals surface area contributed by atoms with E-state index in [1.807, 2.05) is 0 Å². The van der Waals surface area contributed by atoms with Crippen LogP contribution in [0.3, 0.4) is 0 Å². The van der Waals surface area contributed by atoms with Crippen LogP contribution in [0, 0.1) is 0 Å². The second-order valence-corrected chi connectivity index (χ2v) is 3.24. The van der Waals surface area contributed by atoms with Crippen LogP contribution in [-0.2, 0) is 4.74 Å². The molecule has 100 valence electrons. The Kier molecular flexibility index (Phi) is 4.78. The van der Waals surface area contributed by atoms with Crippen LogP contribution in [0.2, 0.25) is 0 Å². The van der Waals surface area contributed by atoms with Crippen molar-refractivity contribution in [2.45, 2.75) is 6.18 Å². The predicted molar refractivity (Wildman–Crippen MR) is 56.5 cm³/mol. The van der Waals surface area contributed by atoms with Gasteiger partial charge in [0.1, 0.15) is 12.4 Å². The number of ether oxygens (including phenoxy) is 2. The van der Waals surface area contributed by atoms with Gasteiger partial charge in [-0.1, -0.05) is 5.16 Å². The van der Waals surface area contributed by atoms with Crippen LogP contribution in [0.25, 0.3) is 0 Å². The summed E-state index contributed by atoms with van der Waals surface area (Å²) in [6.45, 7) is -1.88. The highest BCUT2D eigenvalue weighted by Gasteiger charge is 2.27. The molecular weight excluding hydrogens is 253 g/mol. The van der Waals surface area contributed by atoms with Gasteiger partial charge in [0.15, 0.2) is 12.6 Å². The number of hydrogen-bond donors (Lipinski definition) is 2. The lowest BCUT2D eigenvalue weighted by molar-refractivity contribution is -0.186. The van der Waals surface area contributed by atoms with Crippen molar-refractivity contribution >= 4 is 5.84 Å². The summed E-state index contributed by atoms with van der Waals surface area (Å²) in [5, 5.41) is 11.2. The summed E-state index contributed by atoms with van der Waals surface area (Å²) in [6, 6.07) is 5.91. The van der Waals surface area contributed by atoms with Gasteiger partial charge >= 0.3 is 6.18 Å². The summed E-state index contributed by atoms with van der Waals surface area (Å²) in [5.74, 6) is 0.238. The minimum absolute atomic E-state index is 0.0742. The standard InChI is InChI=1S/C10H11F3N2O3/c11-10(12,13)5-17-6-18-8-3-1-7(2-4-8)9(14)15-16/h1-4,16H,5-6H2,(H2,14,15). The van der Waals surface area contributed by atoms with Gasteiger partial charge in [-0.25, -0.2) is 0 Å². The number of benzene rings is 1. The third-order valence-corrected chi connectivity index (χ3v) is 1.83. The summed E-state index contributed by atoms with van der Waals surface area (Å²) in [5.41, 5.74) is 5.78. The average Bonchev–Trinajstić information content (AvgIpc) is 2.33. The number of oxime groups is 1. The minimum atomic E-state index is -4.38. The van der Waals surface area contributed by atoms with Crippen molar-refractivity contribution in [3.63, 3.8) is 0 Å². The highest BCUT2D eigenvalue weighted by molar-refractivity contribution is 5.97. The van der Waals surface area contributed by atoms with Crippen molar-refractivity contribution in [2.75, 3.05) is 13.4 Å². The van der Waals surface area contributed by atoms with Crippen LogP contribution in [-0.4, -0.2) is 30.6 Å². The Hall–Kier alpha value is -1.96. The number of nitrogens with zero attached hydrogens (tertiary/aromatic N) is 1. The second kappa shape index (κ2) is 6.10. The molecule has 0 radical (unpaired) electrons. The lowest BCUT2D eigenvalue weighted by Gasteiger charge is -2.09. The Morgan fingerprint density at radius 3 is 2.39 bits per heavy atom. The smallest absolute Gasteiger partial charge is 0.411 e. The molecule has 0 aliphatic rings. The summed E-state index contributed by atoms with van der Waals surface area (Å²) >= 11 is 0. The van der Waals surface area contributed by atoms with Gasteiger partial charge in [-0.05, 0) is 24.3 Å². The molecule has 0 amide bonds. The normalized spacial score (nSPS) is 12.5. The molecule has 1 rings (SSSR count). The van der Waals surface area contributed by atoms with E-state index < -0.39 is 19.6 Å². The molecule has 1 aromatic rings. The molecule has 0 heterocycles. The van der Waals surface area contributed by atoms with E-state index in [1.54, 1.807) is 0 Å². The van der Waals surface area contributed by atoms with Crippen LogP contribution < -0.4 is 10.5 Å². The van der Waals surface area contributed by atoms with Crippen LogP contribution in [0.4, 0.5) is 13.2 Å². The summed E-state index contributed by atoms with van der Waals surface area (Å²) in [4.78, 5) is 0. The van der Waals surface area contributed by atoms with Crippen molar-refractivity contribution in [1.29, 1.82) is 0 Å². The zero-order chi connectivity index (χ0) is 13.6. The van der Waals surface area contributed by atoms with Gasteiger partial charge in [0.25, 0.3) is 0 Å². The summed E-state index contributed by atoms with van der Waals surface area (Å²) in [6.07, 6.45) is -4.38. The first-order valence-electron chi connectivity index (χ1n) is 4.77. The zero-order valence-electron chi connectivity index (χ0n) is 9.15. The second-order valence-electron chi connectivity index (χ2n) is 3.24. The highest BCUT2D eigenvalue weighted by atomic mass is 19.4. The molecule has 0 aliphatic heterocycles. The quantitative estimate of drug-likeness (QED) is 0.212. The highest BCUT2D eigenvalue weighted by Crippen LogP contribution is 2.15. The molecule has 0 atom stereocenters. The monoisotopic (exact) mass is 264 g/mol. The van der Waals surface area contributed by atoms with Gasteiger partial charge in [-0.3, -0.25) is 0 Å². The maximum absolute atomic E-state index is 11.7. The number of nitrogens with two attached hydrogens (primary N) is 1. The van der Waals surface area contributed by atoms with Crippen molar-refractivity contribution in [2.24, 2.45) is 10.9 Å². The molecule has 8 heteroatoms. The van der Waals surface area contributed by atoms with E-state index in [9.17, 15) is 13.2 Å². The largest absolute Gasteiger partial charge is 0.468 e. The zero-order valence-corrected chi connectivity index (χ0v) is 9.15. The third-order valence-electron chi connectivity index (χ3n) is 1.83. The molecule has 0 aromatic heterocycles. The lowest BCUT2D eigenvalue weighted by atomic mass is 10.2. The van der Waals surface area contributed by atoms with Gasteiger partial charge < -0.3 is 20.4 Å². The van der Waals surface area contributed by atoms with E-state index in [4.69, 9.17) is 15.7 Å². The molecule has 5 nitrogen and oxygen atoms in total. The minimum Gasteiger partial charge on any atom is -0.468 e. The predicted octanol–water partition coefficient (Wildman–Crippen LogP) is 1.70. The van der Waals surface area contributed by atoms with E-state index >= 15 is 0 Å². The Bertz CT molecular complexity index is 404. The van der Waals surface area contributed by atoms with E-state index in [2.05, 4.69) is 9.89 Å². The number of halogens is 3. The fraction of sp³-hybridized carbons (Fsp3) is 0.300. The maximum atomic E-state index is 11.7. The Labute approximate surface area is 101 Å². The number of rotatable bonds is 5. The van der Waals surface area contributed by atoms with Crippen LogP contribution in [0.5, 0.6) is 5.75 Å². The van der Waals surface area contributed by atoms with Crippen molar-refractivity contribution in [3.05, 3.63) is 29.8 Å². The van der Waals surface area contributed by atoms with Gasteiger partial charge in [-0.15, -0.1) is 0 Å². The maximum Gasteiger partial charge on any atom is 0.411 e. The summed E-state index contributed by atoms with van der Waals surface area (Å²) < 4.78 is 44.4. The van der Waals surface area contributed by atoms with E-state index in [0.29, 0.717) is 11.3 Å². The van der Waals surface area contributed by atoms with Crippen molar-refractivity contribution in [3.8, 4) is 5.75 Å². The van der Waals surface area contributed by atoms with Crippen LogP contribution >= 0.6 is 0 Å². The van der Waals surface area contributed by atoms with Gasteiger partial charge in [0.05, 0.1) is 0 Å². The Morgan fingerprint density at radius 1 is 1.28 bits per heavy atom. The molecular formula is C10H11F3N2O3. The molecule has 0 spiro atoms. The van der Waals surface area contributed by atoms with E-state index in [-0.39, 0.29) is 5.84 Å². The lowest BCUT2D eigenvalue weighted by Crippen LogP contribution is -2.19. The third kappa shape index (κ3) is 4.91. The molecule has 18 heavy (non-hydrogen) atoms. The first-order chi connectivity index (χ1) is 8.42. The molecule has 0 bridgehead atoms. The average molecular weight is 264 g/mol. The number of alkyl halides is 3. The van der Waals surface area contributed by atoms with E-state index in [1.165, 1.54) is 24.3 Å². The SMILES string of the molecule is N/C(=N/O)c1ccc(OCOCC(F)(F)F)cc1. The van der Waals surface area contributed by atoms with Crippen molar-refractivity contribution < 1.29 is 27.9 Å². The summed E-state index contributed by atoms with van der Waals surface area (Å²) in [7, 11) is 0. The molecule has 0 fully saturated rings. The van der Waals surface area contributed by atoms with Crippen LogP contribution in [0.1, 0.15) is 5.56 Å². The topological polar surface area (TPSA) is 77.1 Å². The van der Waals surface area contributed by atoms with Crippen molar-refractivity contribution in [1.82, 2.24) is 0 Å². The molecule has 0 unspecified atom stereocenters. The Morgan fingerprint density at radius 2 is 1.89 bits per heavy atom. The molecule has 3 N–H and O–H groups in total. The fourth-order valence-electron chi connectivity index (χ4n) is 1.05. The molecule has 1 aromatic carbocycles. The van der Waals surface area contributed by atoms with Gasteiger partial charge in [-0.2, -0.15) is 13.2 Å². The molecule has 0 aliphatic carbocycles. The molecule has 0 saturated heterocycles. The molecule has 0 saturated carbocycles. The van der Waals surface area contributed by atoms with Crippen LogP contribution in [0.15, 0.2) is 29.4 Å². The first-order valence-corrected chi connectivity index (χ1v) is 4.77. The van der Waals surface area contributed by atoms with E-state index in [0.717, 1.165) is 0 Å². The number of amidine groups is 1. The fourth-order valence-corrected chi connectivity index (χ4v) is 1.05. The Balaban J connectivity index is 2.40.